The van der Waals surface area contributed by atoms with Crippen LogP contribution >= 0.6 is 11.8 Å². The molecule has 0 bridgehead atoms. The summed E-state index contributed by atoms with van der Waals surface area (Å²) < 4.78 is 5.58. The lowest BCUT2D eigenvalue weighted by atomic mass is 10.1. The van der Waals surface area contributed by atoms with Gasteiger partial charge in [-0.2, -0.15) is 0 Å². The minimum Gasteiger partial charge on any atom is -0.390 e. The van der Waals surface area contributed by atoms with E-state index in [0.717, 1.165) is 5.56 Å². The summed E-state index contributed by atoms with van der Waals surface area (Å²) in [5.74, 6) is 0.0620. The Bertz CT molecular complexity index is 554. The van der Waals surface area contributed by atoms with Crippen LogP contribution in [0.2, 0.25) is 0 Å². The second kappa shape index (κ2) is 9.46. The molecule has 0 radical (unpaired) electrons. The summed E-state index contributed by atoms with van der Waals surface area (Å²) in [6.07, 6.45) is 1.53. The average Bonchev–Trinajstić information content (AvgIpc) is 2.56. The van der Waals surface area contributed by atoms with Gasteiger partial charge in [0.2, 0.25) is 0 Å². The maximum atomic E-state index is 10.1. The zero-order chi connectivity index (χ0) is 15.6. The van der Waals surface area contributed by atoms with Crippen molar-refractivity contribution in [3.8, 4) is 0 Å². The van der Waals surface area contributed by atoms with E-state index in [4.69, 9.17) is 4.74 Å². The lowest BCUT2D eigenvalue weighted by Gasteiger charge is -2.15. The Morgan fingerprint density at radius 2 is 1.68 bits per heavy atom. The van der Waals surface area contributed by atoms with Crippen molar-refractivity contribution >= 4 is 11.8 Å². The molecule has 22 heavy (non-hydrogen) atoms. The fourth-order valence-corrected chi connectivity index (χ4v) is 2.69. The lowest BCUT2D eigenvalue weighted by Crippen LogP contribution is -2.22. The van der Waals surface area contributed by atoms with Gasteiger partial charge in [0.25, 0.3) is 0 Å². The van der Waals surface area contributed by atoms with Gasteiger partial charge in [0, 0.05) is 10.8 Å². The molecule has 0 aliphatic rings. The Balaban J connectivity index is 1.69. The zero-order valence-corrected chi connectivity index (χ0v) is 13.6. The van der Waals surface area contributed by atoms with E-state index in [-0.39, 0.29) is 5.92 Å². The van der Waals surface area contributed by atoms with Crippen LogP contribution in [0.4, 0.5) is 0 Å². The van der Waals surface area contributed by atoms with Gasteiger partial charge in [-0.05, 0) is 23.1 Å². The summed E-state index contributed by atoms with van der Waals surface area (Å²) in [7, 11) is 0. The van der Waals surface area contributed by atoms with Gasteiger partial charge in [0.15, 0.2) is 0 Å². The van der Waals surface area contributed by atoms with E-state index in [0.29, 0.717) is 13.2 Å². The van der Waals surface area contributed by atoms with Gasteiger partial charge in [0.1, 0.15) is 0 Å². The van der Waals surface area contributed by atoms with Crippen LogP contribution in [0.5, 0.6) is 0 Å². The number of hydrogen-bond donors (Lipinski definition) is 1. The molecule has 116 valence electrons. The Morgan fingerprint density at radius 3 is 2.36 bits per heavy atom. The Morgan fingerprint density at radius 1 is 1.05 bits per heavy atom. The molecule has 0 aromatic heterocycles. The predicted octanol–water partition coefficient (Wildman–Crippen LogP) is 4.51. The van der Waals surface area contributed by atoms with Crippen molar-refractivity contribution in [3.05, 3.63) is 77.7 Å². The topological polar surface area (TPSA) is 29.5 Å². The first-order valence-electron chi connectivity index (χ1n) is 7.44. The predicted molar refractivity (Wildman–Crippen MR) is 92.7 cm³/mol. The molecular weight excluding hydrogens is 292 g/mol. The molecule has 3 heteroatoms. The first kappa shape index (κ1) is 16.8. The molecule has 0 aliphatic heterocycles. The van der Waals surface area contributed by atoms with Gasteiger partial charge in [-0.1, -0.05) is 73.3 Å². The van der Waals surface area contributed by atoms with Crippen LogP contribution in [-0.4, -0.2) is 17.8 Å². The van der Waals surface area contributed by atoms with Crippen LogP contribution in [0, 0.1) is 5.92 Å². The average molecular weight is 314 g/mol. The summed E-state index contributed by atoms with van der Waals surface area (Å²) in [5.41, 5.74) is 1.12. The number of thioether (sulfide) groups is 1. The quantitative estimate of drug-likeness (QED) is 0.727. The number of hydrogen-bond acceptors (Lipinski definition) is 3. The molecule has 0 saturated carbocycles. The third kappa shape index (κ3) is 6.06. The zero-order valence-electron chi connectivity index (χ0n) is 12.8. The molecule has 0 fully saturated rings. The normalized spacial score (nSPS) is 14.1. The van der Waals surface area contributed by atoms with Crippen LogP contribution in [0.15, 0.2) is 77.0 Å². The number of ether oxygens (including phenoxy) is 1. The number of aliphatic hydroxyl groups excluding tert-OH is 1. The molecule has 0 amide bonds. The van der Waals surface area contributed by atoms with Crippen molar-refractivity contribution in [2.24, 2.45) is 5.92 Å². The molecule has 0 heterocycles. The van der Waals surface area contributed by atoms with Crippen LogP contribution in [-0.2, 0) is 11.3 Å². The van der Waals surface area contributed by atoms with E-state index in [9.17, 15) is 5.11 Å². The minimum atomic E-state index is -0.490. The van der Waals surface area contributed by atoms with Crippen LogP contribution in [0.1, 0.15) is 12.5 Å². The maximum absolute atomic E-state index is 10.1. The molecule has 2 rings (SSSR count). The van der Waals surface area contributed by atoms with E-state index in [1.807, 2.05) is 66.9 Å². The molecule has 2 aromatic rings. The smallest absolute Gasteiger partial charge is 0.0833 e. The maximum Gasteiger partial charge on any atom is 0.0833 e. The molecule has 1 N–H and O–H groups in total. The summed E-state index contributed by atoms with van der Waals surface area (Å²) >= 11 is 1.65. The van der Waals surface area contributed by atoms with Crippen LogP contribution < -0.4 is 0 Å². The highest BCUT2D eigenvalue weighted by Crippen LogP contribution is 2.19. The fraction of sp³-hybridized carbons (Fsp3) is 0.263. The largest absolute Gasteiger partial charge is 0.390 e. The first-order valence-corrected chi connectivity index (χ1v) is 8.32. The van der Waals surface area contributed by atoms with Crippen molar-refractivity contribution in [2.45, 2.75) is 24.5 Å². The third-order valence-corrected chi connectivity index (χ3v) is 4.17. The highest BCUT2D eigenvalue weighted by atomic mass is 32.2. The summed E-state index contributed by atoms with van der Waals surface area (Å²) in [4.78, 5) is 1.20. The Labute approximate surface area is 136 Å². The lowest BCUT2D eigenvalue weighted by molar-refractivity contribution is 0.0118. The summed E-state index contributed by atoms with van der Waals surface area (Å²) in [6, 6.07) is 20.2. The van der Waals surface area contributed by atoms with E-state index < -0.39 is 6.10 Å². The SMILES string of the molecule is C[C@H](/C=C\Sc1ccccc1)[C@@H](O)COCc1ccccc1. The summed E-state index contributed by atoms with van der Waals surface area (Å²) in [5, 5.41) is 12.1. The molecular formula is C19H22O2S. The van der Waals surface area contributed by atoms with Crippen molar-refractivity contribution in [1.82, 2.24) is 0 Å². The molecule has 2 atom stereocenters. The first-order chi connectivity index (χ1) is 10.8. The van der Waals surface area contributed by atoms with Crippen molar-refractivity contribution in [3.63, 3.8) is 0 Å². The van der Waals surface area contributed by atoms with Gasteiger partial charge in [-0.3, -0.25) is 0 Å². The Kier molecular flexibility index (Phi) is 7.23. The van der Waals surface area contributed by atoms with Crippen molar-refractivity contribution < 1.29 is 9.84 Å². The second-order valence-corrected chi connectivity index (χ2v) is 6.17. The highest BCUT2D eigenvalue weighted by Gasteiger charge is 2.11. The van der Waals surface area contributed by atoms with Gasteiger partial charge in [0.05, 0.1) is 19.3 Å². The van der Waals surface area contributed by atoms with Gasteiger partial charge in [-0.25, -0.2) is 0 Å². The standard InChI is InChI=1S/C19H22O2S/c1-16(12-13-22-18-10-6-3-7-11-18)19(20)15-21-14-17-8-4-2-5-9-17/h2-13,16,19-20H,14-15H2,1H3/b13-12-/t16-,19+/m1/s1. The minimum absolute atomic E-state index is 0.0620. The number of aliphatic hydroxyl groups is 1. The van der Waals surface area contributed by atoms with Crippen LogP contribution in [0.3, 0.4) is 0 Å². The number of rotatable bonds is 8. The Hall–Kier alpha value is -1.55. The van der Waals surface area contributed by atoms with Crippen LogP contribution in [0.25, 0.3) is 0 Å². The van der Waals surface area contributed by atoms with E-state index in [2.05, 4.69) is 12.1 Å². The molecule has 2 nitrogen and oxygen atoms in total. The fourth-order valence-electron chi connectivity index (χ4n) is 1.89. The molecule has 2 aromatic carbocycles. The third-order valence-electron chi connectivity index (χ3n) is 3.34. The van der Waals surface area contributed by atoms with Gasteiger partial charge >= 0.3 is 0 Å². The van der Waals surface area contributed by atoms with Gasteiger partial charge < -0.3 is 9.84 Å². The molecule has 0 unspecified atom stereocenters. The van der Waals surface area contributed by atoms with Gasteiger partial charge in [-0.15, -0.1) is 0 Å². The van der Waals surface area contributed by atoms with Crippen molar-refractivity contribution in [1.29, 1.82) is 0 Å². The highest BCUT2D eigenvalue weighted by molar-refractivity contribution is 8.02. The molecule has 0 aliphatic carbocycles. The second-order valence-electron chi connectivity index (χ2n) is 5.19. The summed E-state index contributed by atoms with van der Waals surface area (Å²) in [6.45, 7) is 2.88. The monoisotopic (exact) mass is 314 g/mol. The number of benzene rings is 2. The molecule has 0 spiro atoms. The van der Waals surface area contributed by atoms with Crippen molar-refractivity contribution in [2.75, 3.05) is 6.61 Å². The van der Waals surface area contributed by atoms with E-state index in [1.165, 1.54) is 4.90 Å². The van der Waals surface area contributed by atoms with E-state index in [1.54, 1.807) is 11.8 Å². The molecule has 0 saturated heterocycles. The van der Waals surface area contributed by atoms with E-state index >= 15 is 0 Å².